The zero-order valence-electron chi connectivity index (χ0n) is 44.9. The van der Waals surface area contributed by atoms with Gasteiger partial charge >= 0.3 is 11.9 Å². The van der Waals surface area contributed by atoms with E-state index in [1.165, 1.54) is 12.8 Å². The van der Waals surface area contributed by atoms with Crippen LogP contribution < -0.4 is 10.6 Å². The number of piperidine rings is 2. The molecular formula is C51H84N10O12. The van der Waals surface area contributed by atoms with E-state index in [0.717, 1.165) is 25.7 Å². The van der Waals surface area contributed by atoms with Crippen LogP contribution in [0.4, 0.5) is 0 Å². The van der Waals surface area contributed by atoms with E-state index in [2.05, 4.69) is 48.1 Å². The molecule has 0 bridgehead atoms. The van der Waals surface area contributed by atoms with Gasteiger partial charge in [0.25, 0.3) is 23.6 Å². The molecule has 73 heavy (non-hydrogen) atoms. The van der Waals surface area contributed by atoms with Crippen LogP contribution in [0.3, 0.4) is 0 Å². The SMILES string of the molecule is CC1CCCC(C)N1CC(C)(C)C(=O)NCCC(=O)N1CCN(CC(=O)ON2C(=O)CCC2=O)CC1.CC1CCCC(C)N1CC(C)(C)C(=O)NCCC(=O)N1CCN(CCC(=O)ON2C(=O)CCC2=O)CC1. The van der Waals surface area contributed by atoms with Crippen molar-refractivity contribution in [2.24, 2.45) is 10.8 Å². The summed E-state index contributed by atoms with van der Waals surface area (Å²) in [5.41, 5.74) is -1.08. The third-order valence-electron chi connectivity index (χ3n) is 15.2. The molecule has 6 fully saturated rings. The Bertz CT molecular complexity index is 1950. The Morgan fingerprint density at radius 3 is 1.21 bits per heavy atom. The molecule has 0 aliphatic carbocycles. The van der Waals surface area contributed by atoms with Gasteiger partial charge in [0.2, 0.25) is 23.6 Å². The number of nitrogens with one attached hydrogen (secondary N) is 2. The van der Waals surface area contributed by atoms with Crippen molar-refractivity contribution in [3.05, 3.63) is 0 Å². The van der Waals surface area contributed by atoms with E-state index >= 15 is 0 Å². The summed E-state index contributed by atoms with van der Waals surface area (Å²) in [4.78, 5) is 143. The smallest absolute Gasteiger partial charge is 0.347 e. The number of piperazine rings is 2. The van der Waals surface area contributed by atoms with E-state index in [1.807, 2.05) is 37.5 Å². The summed E-state index contributed by atoms with van der Waals surface area (Å²) < 4.78 is 0. The Labute approximate surface area is 431 Å². The first-order valence-corrected chi connectivity index (χ1v) is 26.7. The molecule has 4 atom stereocenters. The van der Waals surface area contributed by atoms with Crippen molar-refractivity contribution < 1.29 is 57.6 Å². The average molecular weight is 1030 g/mol. The van der Waals surface area contributed by atoms with Gasteiger partial charge in [-0.3, -0.25) is 58.0 Å². The van der Waals surface area contributed by atoms with Crippen LogP contribution in [0.2, 0.25) is 0 Å². The molecule has 0 radical (unpaired) electrons. The maximum Gasteiger partial charge on any atom is 0.347 e. The van der Waals surface area contributed by atoms with Gasteiger partial charge in [0.05, 0.1) is 23.8 Å². The summed E-state index contributed by atoms with van der Waals surface area (Å²) in [6.45, 7) is 23.3. The molecule has 4 unspecified atom stereocenters. The van der Waals surface area contributed by atoms with Crippen LogP contribution in [0, 0.1) is 10.8 Å². The number of hydrogen-bond donors (Lipinski definition) is 2. The molecule has 0 aromatic carbocycles. The standard InChI is InChI=1S/C26H43N5O6.C25H41N5O6/c1-19-6-5-7-20(2)30(19)18-26(3,4)25(36)27-12-10-21(32)29-16-14-28(15-17-29)13-11-24(35)37-31-22(33)8-9-23(31)34;1-18-6-5-7-19(2)29(18)17-25(3,4)24(35)26-11-10-20(31)28-14-12-27(13-15-28)16-23(34)36-30-21(32)8-9-22(30)33/h19-20H,5-18H2,1-4H3,(H,27,36);18-19H,5-17H2,1-4H3,(H,26,35). The molecule has 0 saturated carbocycles. The molecule has 410 valence electrons. The van der Waals surface area contributed by atoms with Crippen molar-refractivity contribution in [1.29, 1.82) is 0 Å². The molecule has 8 amide bonds. The van der Waals surface area contributed by atoms with Crippen LogP contribution in [0.1, 0.15) is 139 Å². The predicted molar refractivity (Wildman–Crippen MR) is 267 cm³/mol. The van der Waals surface area contributed by atoms with Crippen molar-refractivity contribution >= 4 is 59.2 Å². The van der Waals surface area contributed by atoms with Crippen LogP contribution in [-0.4, -0.2) is 215 Å². The van der Waals surface area contributed by atoms with Crippen LogP contribution in [0.15, 0.2) is 0 Å². The second kappa shape index (κ2) is 26.9. The highest BCUT2D eigenvalue weighted by molar-refractivity contribution is 6.02. The first-order valence-electron chi connectivity index (χ1n) is 26.7. The number of rotatable bonds is 19. The highest BCUT2D eigenvalue weighted by atomic mass is 16.7. The van der Waals surface area contributed by atoms with E-state index in [0.29, 0.717) is 113 Å². The van der Waals surface area contributed by atoms with Crippen LogP contribution in [0.5, 0.6) is 0 Å². The second-order valence-electron chi connectivity index (χ2n) is 22.1. The monoisotopic (exact) mass is 1030 g/mol. The zero-order chi connectivity index (χ0) is 53.6. The minimum atomic E-state index is -0.669. The fraction of sp³-hybridized carbons (Fsp3) is 0.804. The van der Waals surface area contributed by atoms with Crippen molar-refractivity contribution in [3.63, 3.8) is 0 Å². The lowest BCUT2D eigenvalue weighted by atomic mass is 9.87. The van der Waals surface area contributed by atoms with Crippen LogP contribution >= 0.6 is 0 Å². The van der Waals surface area contributed by atoms with Crippen LogP contribution in [0.25, 0.3) is 0 Å². The van der Waals surface area contributed by atoms with Gasteiger partial charge in [0.1, 0.15) is 0 Å². The van der Waals surface area contributed by atoms with Gasteiger partial charge in [-0.25, -0.2) is 9.59 Å². The third kappa shape index (κ3) is 17.2. The normalized spacial score (nSPS) is 24.1. The molecular weight excluding hydrogens is 945 g/mol. The molecule has 0 aromatic rings. The van der Waals surface area contributed by atoms with Crippen LogP contribution in [-0.2, 0) is 57.6 Å². The predicted octanol–water partition coefficient (Wildman–Crippen LogP) is 1.46. The summed E-state index contributed by atoms with van der Waals surface area (Å²) in [7, 11) is 0. The molecule has 6 rings (SSSR count). The maximum atomic E-state index is 12.9. The maximum absolute atomic E-state index is 12.9. The first-order chi connectivity index (χ1) is 34.4. The summed E-state index contributed by atoms with van der Waals surface area (Å²) in [5.74, 6) is -3.39. The van der Waals surface area contributed by atoms with Gasteiger partial charge in [0.15, 0.2) is 0 Å². The summed E-state index contributed by atoms with van der Waals surface area (Å²) in [6, 6.07) is 1.88. The Kier molecular flexibility index (Phi) is 21.7. The molecule has 6 heterocycles. The lowest BCUT2D eigenvalue weighted by Crippen LogP contribution is -2.52. The number of imide groups is 2. The molecule has 0 spiro atoms. The Balaban J connectivity index is 0.000000271. The molecule has 6 aliphatic heterocycles. The number of amides is 8. The third-order valence-corrected chi connectivity index (χ3v) is 15.2. The van der Waals surface area contributed by atoms with E-state index in [-0.39, 0.29) is 81.7 Å². The fourth-order valence-corrected chi connectivity index (χ4v) is 10.4. The Morgan fingerprint density at radius 2 is 0.836 bits per heavy atom. The topological polar surface area (TPSA) is 239 Å². The number of likely N-dealkylation sites (tertiary alicyclic amines) is 2. The Hall–Kier alpha value is -5.06. The summed E-state index contributed by atoms with van der Waals surface area (Å²) in [5, 5.41) is 7.02. The molecule has 22 nitrogen and oxygen atoms in total. The molecule has 6 aliphatic rings. The van der Waals surface area contributed by atoms with Gasteiger partial charge in [-0.1, -0.05) is 12.8 Å². The van der Waals surface area contributed by atoms with Crippen molar-refractivity contribution in [1.82, 2.24) is 50.2 Å². The molecule has 2 N–H and O–H groups in total. The minimum Gasteiger partial charge on any atom is -0.355 e. The van der Waals surface area contributed by atoms with E-state index < -0.39 is 46.4 Å². The van der Waals surface area contributed by atoms with E-state index in [4.69, 9.17) is 9.68 Å². The zero-order valence-corrected chi connectivity index (χ0v) is 44.9. The van der Waals surface area contributed by atoms with Gasteiger partial charge < -0.3 is 30.1 Å². The van der Waals surface area contributed by atoms with E-state index in [9.17, 15) is 47.9 Å². The fourth-order valence-electron chi connectivity index (χ4n) is 10.4. The summed E-state index contributed by atoms with van der Waals surface area (Å²) >= 11 is 0. The lowest BCUT2D eigenvalue weighted by Gasteiger charge is -2.42. The quantitative estimate of drug-likeness (QED) is 0.174. The number of carbonyl (C=O) groups excluding carboxylic acids is 10. The highest BCUT2D eigenvalue weighted by Crippen LogP contribution is 2.29. The number of hydroxylamine groups is 4. The second-order valence-corrected chi connectivity index (χ2v) is 22.1. The van der Waals surface area contributed by atoms with Crippen molar-refractivity contribution in [2.75, 3.05) is 91.6 Å². The summed E-state index contributed by atoms with van der Waals surface area (Å²) in [6.07, 6.45) is 7.88. The average Bonchev–Trinajstić information content (AvgIpc) is 3.83. The van der Waals surface area contributed by atoms with Gasteiger partial charge in [-0.15, -0.1) is 10.1 Å². The largest absolute Gasteiger partial charge is 0.355 e. The van der Waals surface area contributed by atoms with Gasteiger partial charge in [-0.2, -0.15) is 0 Å². The minimum absolute atomic E-state index is 0.00139. The molecule has 0 aromatic heterocycles. The molecule has 6 saturated heterocycles. The molecule has 22 heteroatoms. The first kappa shape index (κ1) is 58.8. The van der Waals surface area contributed by atoms with Crippen molar-refractivity contribution in [2.45, 2.75) is 163 Å². The van der Waals surface area contributed by atoms with Gasteiger partial charge in [0, 0.05) is 148 Å². The van der Waals surface area contributed by atoms with E-state index in [1.54, 1.807) is 9.80 Å². The number of nitrogens with zero attached hydrogens (tertiary/aromatic N) is 8. The highest BCUT2D eigenvalue weighted by Gasteiger charge is 2.38. The number of hydrogen-bond acceptors (Lipinski definition) is 16. The van der Waals surface area contributed by atoms with Gasteiger partial charge in [-0.05, 0) is 81.1 Å². The lowest BCUT2D eigenvalue weighted by molar-refractivity contribution is -0.198. The number of carbonyl (C=O) groups is 10. The van der Waals surface area contributed by atoms with Crippen molar-refractivity contribution in [3.8, 4) is 0 Å². The Morgan fingerprint density at radius 1 is 0.493 bits per heavy atom.